The highest BCUT2D eigenvalue weighted by Crippen LogP contribution is 2.41. The largest absolute Gasteiger partial charge is 0.493 e. The van der Waals surface area contributed by atoms with Gasteiger partial charge in [-0.1, -0.05) is 36.4 Å². The van der Waals surface area contributed by atoms with Crippen LogP contribution in [0.4, 0.5) is 11.4 Å². The number of carbonyl (C=O) groups is 1. The summed E-state index contributed by atoms with van der Waals surface area (Å²) in [5.41, 5.74) is 4.94. The molecule has 3 aromatic carbocycles. The van der Waals surface area contributed by atoms with E-state index >= 15 is 0 Å². The molecule has 0 unspecified atom stereocenters. The quantitative estimate of drug-likeness (QED) is 0.389. The van der Waals surface area contributed by atoms with Crippen LogP contribution in [0.2, 0.25) is 0 Å². The lowest BCUT2D eigenvalue weighted by molar-refractivity contribution is -0.384. The number of nitrogens with one attached hydrogen (secondary N) is 1. The van der Waals surface area contributed by atoms with E-state index in [0.717, 1.165) is 28.7 Å². The summed E-state index contributed by atoms with van der Waals surface area (Å²) in [7, 11) is 3.22. The number of fused-ring (bicyclic) bond motifs is 1. The fraction of sp³-hybridized carbons (Fsp3) is 0.296. The van der Waals surface area contributed by atoms with Crippen LogP contribution in [0.25, 0.3) is 0 Å². The Morgan fingerprint density at radius 1 is 1.09 bits per heavy atom. The fourth-order valence-corrected chi connectivity index (χ4v) is 4.67. The monoisotopic (exact) mass is 475 g/mol. The lowest BCUT2D eigenvalue weighted by Gasteiger charge is -2.37. The second-order valence-corrected chi connectivity index (χ2v) is 8.65. The van der Waals surface area contributed by atoms with Crippen molar-refractivity contribution in [2.75, 3.05) is 32.6 Å². The van der Waals surface area contributed by atoms with E-state index in [-0.39, 0.29) is 29.9 Å². The van der Waals surface area contributed by atoms with Gasteiger partial charge in [0.15, 0.2) is 11.5 Å². The van der Waals surface area contributed by atoms with Crippen molar-refractivity contribution in [3.63, 3.8) is 0 Å². The number of methoxy groups -OCH3 is 2. The molecule has 0 saturated heterocycles. The number of nitrogens with zero attached hydrogens (tertiary/aromatic N) is 2. The van der Waals surface area contributed by atoms with Crippen molar-refractivity contribution in [1.82, 2.24) is 4.90 Å². The minimum atomic E-state index is -0.467. The second kappa shape index (κ2) is 10.1. The fourth-order valence-electron chi connectivity index (χ4n) is 4.67. The molecule has 0 bridgehead atoms. The maximum absolute atomic E-state index is 13.2. The van der Waals surface area contributed by atoms with Crippen molar-refractivity contribution in [3.05, 3.63) is 92.5 Å². The number of carbonyl (C=O) groups excluding carboxylic acids is 1. The van der Waals surface area contributed by atoms with Gasteiger partial charge in [0.05, 0.1) is 31.7 Å². The topological polar surface area (TPSA) is 93.9 Å². The molecule has 0 aromatic heterocycles. The number of hydrogen-bond donors (Lipinski definition) is 1. The Hall–Kier alpha value is -3.91. The van der Waals surface area contributed by atoms with Crippen LogP contribution in [-0.2, 0) is 11.2 Å². The van der Waals surface area contributed by atoms with Gasteiger partial charge in [-0.2, -0.15) is 0 Å². The third-order valence-electron chi connectivity index (χ3n) is 6.61. The van der Waals surface area contributed by atoms with Crippen molar-refractivity contribution in [2.45, 2.75) is 26.3 Å². The minimum Gasteiger partial charge on any atom is -0.493 e. The number of ether oxygens (including phenoxy) is 2. The van der Waals surface area contributed by atoms with Gasteiger partial charge in [-0.3, -0.25) is 19.8 Å². The summed E-state index contributed by atoms with van der Waals surface area (Å²) in [5, 5.41) is 14.4. The van der Waals surface area contributed by atoms with Crippen LogP contribution in [0, 0.1) is 24.0 Å². The van der Waals surface area contributed by atoms with Gasteiger partial charge in [-0.05, 0) is 60.2 Å². The molecule has 1 heterocycles. The Balaban J connectivity index is 1.68. The zero-order valence-electron chi connectivity index (χ0n) is 20.3. The second-order valence-electron chi connectivity index (χ2n) is 8.65. The molecule has 1 N–H and O–H groups in total. The third kappa shape index (κ3) is 4.83. The van der Waals surface area contributed by atoms with E-state index in [1.807, 2.05) is 49.4 Å². The van der Waals surface area contributed by atoms with E-state index in [2.05, 4.69) is 10.2 Å². The molecule has 0 radical (unpaired) electrons. The molecule has 1 aliphatic rings. The highest BCUT2D eigenvalue weighted by atomic mass is 16.6. The lowest BCUT2D eigenvalue weighted by Crippen LogP contribution is -2.41. The molecular formula is C27H29N3O5. The highest BCUT2D eigenvalue weighted by Gasteiger charge is 2.32. The standard InChI is InChI=1S/C27H29N3O5/c1-17-10-11-22(30(32)33)26(18(17)2)28-25(31)16-29-13-12-20-14-23(34-3)24(35-4)15-21(20)27(29)19-8-6-5-7-9-19/h5-11,14-15,27H,12-13,16H2,1-4H3,(H,28,31)/t27-/m1/s1. The summed E-state index contributed by atoms with van der Waals surface area (Å²) in [6.07, 6.45) is 0.732. The number of amides is 1. The van der Waals surface area contributed by atoms with E-state index in [1.54, 1.807) is 27.2 Å². The van der Waals surface area contributed by atoms with Crippen LogP contribution in [0.1, 0.15) is 33.9 Å². The van der Waals surface area contributed by atoms with Gasteiger partial charge in [0.25, 0.3) is 5.69 Å². The molecule has 1 aliphatic heterocycles. The molecule has 0 aliphatic carbocycles. The van der Waals surface area contributed by atoms with Crippen molar-refractivity contribution in [1.29, 1.82) is 0 Å². The van der Waals surface area contributed by atoms with Crippen LogP contribution in [-0.4, -0.2) is 43.0 Å². The van der Waals surface area contributed by atoms with Gasteiger partial charge in [0, 0.05) is 12.6 Å². The molecule has 182 valence electrons. The van der Waals surface area contributed by atoms with Crippen LogP contribution < -0.4 is 14.8 Å². The Labute approximate surface area is 204 Å². The Kier molecular flexibility index (Phi) is 7.02. The third-order valence-corrected chi connectivity index (χ3v) is 6.61. The van der Waals surface area contributed by atoms with E-state index in [4.69, 9.17) is 9.47 Å². The summed E-state index contributed by atoms with van der Waals surface area (Å²) in [6.45, 7) is 4.37. The molecule has 0 saturated carbocycles. The highest BCUT2D eigenvalue weighted by molar-refractivity contribution is 5.95. The van der Waals surface area contributed by atoms with Gasteiger partial charge in [-0.25, -0.2) is 0 Å². The summed E-state index contributed by atoms with van der Waals surface area (Å²) < 4.78 is 11.0. The van der Waals surface area contributed by atoms with E-state index in [9.17, 15) is 14.9 Å². The van der Waals surface area contributed by atoms with Gasteiger partial charge >= 0.3 is 0 Å². The summed E-state index contributed by atoms with van der Waals surface area (Å²) >= 11 is 0. The number of nitro groups is 1. The first kappa shape index (κ1) is 24.2. The van der Waals surface area contributed by atoms with Crippen molar-refractivity contribution >= 4 is 17.3 Å². The Bertz CT molecular complexity index is 1260. The van der Waals surface area contributed by atoms with Crippen LogP contribution >= 0.6 is 0 Å². The number of aryl methyl sites for hydroxylation is 1. The Morgan fingerprint density at radius 3 is 2.43 bits per heavy atom. The van der Waals surface area contributed by atoms with E-state index in [0.29, 0.717) is 23.6 Å². The van der Waals surface area contributed by atoms with Crippen LogP contribution in [0.3, 0.4) is 0 Å². The maximum atomic E-state index is 13.2. The van der Waals surface area contributed by atoms with Gasteiger partial charge in [0.2, 0.25) is 5.91 Å². The molecule has 0 spiro atoms. The molecule has 1 atom stereocenters. The molecule has 8 nitrogen and oxygen atoms in total. The Morgan fingerprint density at radius 2 is 1.77 bits per heavy atom. The first-order valence-electron chi connectivity index (χ1n) is 11.4. The summed E-state index contributed by atoms with van der Waals surface area (Å²) in [4.78, 5) is 26.4. The normalized spacial score (nSPS) is 15.3. The summed E-state index contributed by atoms with van der Waals surface area (Å²) in [6, 6.07) is 16.9. The predicted octanol–water partition coefficient (Wildman–Crippen LogP) is 4.82. The molecule has 35 heavy (non-hydrogen) atoms. The zero-order chi connectivity index (χ0) is 25.1. The number of nitro benzene ring substituents is 1. The zero-order valence-corrected chi connectivity index (χ0v) is 20.3. The van der Waals surface area contributed by atoms with Crippen LogP contribution in [0.15, 0.2) is 54.6 Å². The number of hydrogen-bond acceptors (Lipinski definition) is 6. The maximum Gasteiger partial charge on any atom is 0.293 e. The molecule has 3 aromatic rings. The van der Waals surface area contributed by atoms with Crippen molar-refractivity contribution in [3.8, 4) is 11.5 Å². The average Bonchev–Trinajstić information content (AvgIpc) is 2.86. The molecular weight excluding hydrogens is 446 g/mol. The van der Waals surface area contributed by atoms with Gasteiger partial charge < -0.3 is 14.8 Å². The average molecular weight is 476 g/mol. The van der Waals surface area contributed by atoms with Crippen LogP contribution in [0.5, 0.6) is 11.5 Å². The first-order chi connectivity index (χ1) is 16.8. The first-order valence-corrected chi connectivity index (χ1v) is 11.4. The van der Waals surface area contributed by atoms with Gasteiger partial charge in [0.1, 0.15) is 5.69 Å². The molecule has 0 fully saturated rings. The lowest BCUT2D eigenvalue weighted by atomic mass is 9.87. The molecule has 4 rings (SSSR count). The molecule has 8 heteroatoms. The van der Waals surface area contributed by atoms with Crippen molar-refractivity contribution in [2.24, 2.45) is 0 Å². The van der Waals surface area contributed by atoms with E-state index < -0.39 is 4.92 Å². The van der Waals surface area contributed by atoms with E-state index in [1.165, 1.54) is 6.07 Å². The number of benzene rings is 3. The smallest absolute Gasteiger partial charge is 0.293 e. The number of anilines is 1. The van der Waals surface area contributed by atoms with Crippen molar-refractivity contribution < 1.29 is 19.2 Å². The predicted molar refractivity (Wildman–Crippen MR) is 134 cm³/mol. The molecule has 1 amide bonds. The minimum absolute atomic E-state index is 0.0812. The SMILES string of the molecule is COc1cc2c(cc1OC)[C@@H](c1ccccc1)N(CC(=O)Nc1c([N+](=O)[O-])ccc(C)c1C)CC2. The van der Waals surface area contributed by atoms with Gasteiger partial charge in [-0.15, -0.1) is 0 Å². The summed E-state index contributed by atoms with van der Waals surface area (Å²) in [5.74, 6) is 1.00. The number of rotatable bonds is 7.